The maximum Gasteiger partial charge on any atom is 0.159 e. The molecule has 0 aliphatic carbocycles. The molecular weight excluding hydrogens is 228 g/mol. The lowest BCUT2D eigenvalue weighted by Crippen LogP contribution is -2.28. The summed E-state index contributed by atoms with van der Waals surface area (Å²) in [5.74, 6) is -0.451. The van der Waals surface area contributed by atoms with Gasteiger partial charge in [0.25, 0.3) is 0 Å². The summed E-state index contributed by atoms with van der Waals surface area (Å²) in [6, 6.07) is 4.55. The van der Waals surface area contributed by atoms with E-state index < -0.39 is 11.6 Å². The van der Waals surface area contributed by atoms with E-state index in [1.807, 2.05) is 11.8 Å². The van der Waals surface area contributed by atoms with E-state index in [9.17, 15) is 8.78 Å². The van der Waals surface area contributed by atoms with Crippen molar-refractivity contribution in [1.29, 1.82) is 0 Å². The van der Waals surface area contributed by atoms with Crippen LogP contribution in [-0.4, -0.2) is 17.0 Å². The quantitative estimate of drug-likeness (QED) is 0.876. The van der Waals surface area contributed by atoms with Crippen molar-refractivity contribution in [2.75, 3.05) is 5.75 Å². The molecule has 1 aromatic carbocycles. The molecule has 1 fully saturated rings. The first kappa shape index (κ1) is 11.9. The molecule has 0 spiro atoms. The summed E-state index contributed by atoms with van der Waals surface area (Å²) in [4.78, 5) is 0. The lowest BCUT2D eigenvalue weighted by molar-refractivity contribution is 0.501. The maximum atomic E-state index is 12.9. The molecule has 1 heterocycles. The van der Waals surface area contributed by atoms with Gasteiger partial charge in [-0.1, -0.05) is 13.0 Å². The lowest BCUT2D eigenvalue weighted by atomic mass is 10.1. The molecule has 16 heavy (non-hydrogen) atoms. The second kappa shape index (κ2) is 5.15. The number of nitrogens with one attached hydrogen (secondary N) is 1. The van der Waals surface area contributed by atoms with Crippen LogP contribution < -0.4 is 5.32 Å². The molecule has 2 rings (SSSR count). The zero-order valence-electron chi connectivity index (χ0n) is 9.17. The molecule has 0 bridgehead atoms. The highest BCUT2D eigenvalue weighted by Crippen LogP contribution is 2.26. The van der Waals surface area contributed by atoms with Gasteiger partial charge in [-0.05, 0) is 24.1 Å². The Labute approximate surface area is 98.6 Å². The summed E-state index contributed by atoms with van der Waals surface area (Å²) in [6.45, 7) is 2.82. The molecule has 1 saturated heterocycles. The van der Waals surface area contributed by atoms with Gasteiger partial charge < -0.3 is 5.32 Å². The first-order valence-corrected chi connectivity index (χ1v) is 6.49. The Kier molecular flexibility index (Phi) is 3.82. The number of thioether (sulfide) groups is 1. The van der Waals surface area contributed by atoms with Crippen LogP contribution in [0.1, 0.15) is 18.9 Å². The number of benzene rings is 1. The minimum atomic E-state index is -0.784. The molecule has 1 N–H and O–H groups in total. The second-order valence-electron chi connectivity index (χ2n) is 4.21. The van der Waals surface area contributed by atoms with Crippen LogP contribution in [0, 0.1) is 11.6 Å². The van der Waals surface area contributed by atoms with E-state index in [0.717, 1.165) is 17.7 Å². The highest BCUT2D eigenvalue weighted by atomic mass is 32.2. The van der Waals surface area contributed by atoms with E-state index in [4.69, 9.17) is 0 Å². The van der Waals surface area contributed by atoms with Gasteiger partial charge in [0.15, 0.2) is 11.6 Å². The third kappa shape index (κ3) is 2.95. The number of hydrogen-bond acceptors (Lipinski definition) is 2. The van der Waals surface area contributed by atoms with Gasteiger partial charge in [-0.15, -0.1) is 0 Å². The van der Waals surface area contributed by atoms with Crippen molar-refractivity contribution in [3.05, 3.63) is 35.4 Å². The molecule has 1 aliphatic rings. The fourth-order valence-corrected chi connectivity index (χ4v) is 3.05. The van der Waals surface area contributed by atoms with Gasteiger partial charge >= 0.3 is 0 Å². The molecule has 88 valence electrons. The van der Waals surface area contributed by atoms with Crippen LogP contribution in [0.25, 0.3) is 0 Å². The van der Waals surface area contributed by atoms with Crippen LogP contribution >= 0.6 is 11.8 Å². The molecule has 1 nitrogen and oxygen atoms in total. The SMILES string of the molecule is CC1CC(NCc2ccc(F)c(F)c2)CS1. The van der Waals surface area contributed by atoms with Gasteiger partial charge in [0.1, 0.15) is 0 Å². The van der Waals surface area contributed by atoms with Crippen molar-refractivity contribution in [3.8, 4) is 0 Å². The number of rotatable bonds is 3. The fraction of sp³-hybridized carbons (Fsp3) is 0.500. The smallest absolute Gasteiger partial charge is 0.159 e. The Morgan fingerprint density at radius 1 is 1.38 bits per heavy atom. The summed E-state index contributed by atoms with van der Waals surface area (Å²) in [5.41, 5.74) is 0.795. The molecule has 2 unspecified atom stereocenters. The second-order valence-corrected chi connectivity index (χ2v) is 5.68. The topological polar surface area (TPSA) is 12.0 Å². The van der Waals surface area contributed by atoms with Gasteiger partial charge in [0.05, 0.1) is 0 Å². The van der Waals surface area contributed by atoms with Gasteiger partial charge in [0.2, 0.25) is 0 Å². The van der Waals surface area contributed by atoms with Crippen molar-refractivity contribution in [3.63, 3.8) is 0 Å². The van der Waals surface area contributed by atoms with E-state index in [0.29, 0.717) is 17.8 Å². The summed E-state index contributed by atoms with van der Waals surface area (Å²) in [6.07, 6.45) is 1.15. The van der Waals surface area contributed by atoms with E-state index in [1.54, 1.807) is 6.07 Å². The number of hydrogen-bond donors (Lipinski definition) is 1. The molecular formula is C12H15F2NS. The predicted octanol–water partition coefficient (Wildman–Crippen LogP) is 2.95. The van der Waals surface area contributed by atoms with Gasteiger partial charge in [0, 0.05) is 23.6 Å². The van der Waals surface area contributed by atoms with Crippen LogP contribution in [0.2, 0.25) is 0 Å². The third-order valence-electron chi connectivity index (χ3n) is 2.78. The Bertz CT molecular complexity index is 370. The summed E-state index contributed by atoms with van der Waals surface area (Å²) in [5, 5.41) is 4.06. The van der Waals surface area contributed by atoms with Crippen molar-refractivity contribution in [1.82, 2.24) is 5.32 Å². The number of halogens is 2. The van der Waals surface area contributed by atoms with Crippen LogP contribution in [0.5, 0.6) is 0 Å². The predicted molar refractivity (Wildman–Crippen MR) is 63.5 cm³/mol. The first-order valence-electron chi connectivity index (χ1n) is 5.44. The van der Waals surface area contributed by atoms with Crippen LogP contribution in [0.15, 0.2) is 18.2 Å². The van der Waals surface area contributed by atoms with Gasteiger partial charge in [-0.25, -0.2) is 8.78 Å². The van der Waals surface area contributed by atoms with Gasteiger partial charge in [-0.3, -0.25) is 0 Å². The Balaban J connectivity index is 1.87. The van der Waals surface area contributed by atoms with Crippen molar-refractivity contribution >= 4 is 11.8 Å². The average molecular weight is 243 g/mol. The highest BCUT2D eigenvalue weighted by Gasteiger charge is 2.20. The lowest BCUT2D eigenvalue weighted by Gasteiger charge is -2.11. The molecule has 0 saturated carbocycles. The largest absolute Gasteiger partial charge is 0.309 e. The maximum absolute atomic E-state index is 12.9. The Morgan fingerprint density at radius 3 is 2.81 bits per heavy atom. The first-order chi connectivity index (χ1) is 7.65. The van der Waals surface area contributed by atoms with E-state index in [1.165, 1.54) is 12.1 Å². The van der Waals surface area contributed by atoms with Gasteiger partial charge in [-0.2, -0.15) is 11.8 Å². The minimum absolute atomic E-state index is 0.494. The normalized spacial score (nSPS) is 24.9. The highest BCUT2D eigenvalue weighted by molar-refractivity contribution is 8.00. The molecule has 0 aromatic heterocycles. The molecule has 0 amide bonds. The van der Waals surface area contributed by atoms with Crippen molar-refractivity contribution < 1.29 is 8.78 Å². The third-order valence-corrected chi connectivity index (χ3v) is 4.13. The van der Waals surface area contributed by atoms with E-state index >= 15 is 0 Å². The van der Waals surface area contributed by atoms with Crippen LogP contribution in [0.4, 0.5) is 8.78 Å². The van der Waals surface area contributed by atoms with E-state index in [2.05, 4.69) is 12.2 Å². The van der Waals surface area contributed by atoms with Crippen LogP contribution in [0.3, 0.4) is 0 Å². The molecule has 1 aromatic rings. The molecule has 1 aliphatic heterocycles. The zero-order valence-corrected chi connectivity index (χ0v) is 9.99. The molecule has 0 radical (unpaired) electrons. The zero-order chi connectivity index (χ0) is 11.5. The van der Waals surface area contributed by atoms with Crippen molar-refractivity contribution in [2.24, 2.45) is 0 Å². The Morgan fingerprint density at radius 2 is 2.19 bits per heavy atom. The molecule has 4 heteroatoms. The monoisotopic (exact) mass is 243 g/mol. The van der Waals surface area contributed by atoms with Crippen molar-refractivity contribution in [2.45, 2.75) is 31.2 Å². The molecule has 2 atom stereocenters. The fourth-order valence-electron chi connectivity index (χ4n) is 1.87. The minimum Gasteiger partial charge on any atom is -0.309 e. The van der Waals surface area contributed by atoms with Crippen LogP contribution in [-0.2, 0) is 6.54 Å². The summed E-state index contributed by atoms with van der Waals surface area (Å²) in [7, 11) is 0. The summed E-state index contributed by atoms with van der Waals surface area (Å²) < 4.78 is 25.6. The Hall–Kier alpha value is -0.610. The summed E-state index contributed by atoms with van der Waals surface area (Å²) >= 11 is 1.95. The standard InChI is InChI=1S/C12H15F2NS/c1-8-4-10(7-16-8)15-6-9-2-3-11(13)12(14)5-9/h2-3,5,8,10,15H,4,6-7H2,1H3. The van der Waals surface area contributed by atoms with E-state index in [-0.39, 0.29) is 0 Å². The average Bonchev–Trinajstić information content (AvgIpc) is 2.66.